The molecule has 2 saturated heterocycles. The van der Waals surface area contributed by atoms with Gasteiger partial charge in [-0.15, -0.1) is 0 Å². The lowest BCUT2D eigenvalue weighted by molar-refractivity contribution is -0.139. The van der Waals surface area contributed by atoms with Gasteiger partial charge in [-0.25, -0.2) is 0 Å². The Hall–Kier alpha value is -1.46. The van der Waals surface area contributed by atoms with Crippen molar-refractivity contribution >= 4 is 5.91 Å². The summed E-state index contributed by atoms with van der Waals surface area (Å²) in [5, 5.41) is 0. The van der Waals surface area contributed by atoms with Crippen LogP contribution in [0.25, 0.3) is 0 Å². The highest BCUT2D eigenvalue weighted by atomic mass is 16.5. The third kappa shape index (κ3) is 4.54. The first-order chi connectivity index (χ1) is 11.7. The Balaban J connectivity index is 1.59. The molecule has 2 fully saturated rings. The summed E-state index contributed by atoms with van der Waals surface area (Å²) in [6, 6.07) is 4.04. The standard InChI is InChI=1S/C19H29N3O2/c1-21(15-17-8-3-5-12-24-17)19(23)18-9-2-4-11-22(18)14-16-7-6-10-20-13-16/h6-7,10,13,17-18H,2-5,8-9,11-12,14-15H2,1H3/t17-,18-/m1/s1. The first-order valence-corrected chi connectivity index (χ1v) is 9.23. The van der Waals surface area contributed by atoms with Crippen molar-refractivity contribution in [2.45, 2.75) is 57.2 Å². The Morgan fingerprint density at radius 3 is 2.96 bits per heavy atom. The van der Waals surface area contributed by atoms with Crippen molar-refractivity contribution < 1.29 is 9.53 Å². The van der Waals surface area contributed by atoms with E-state index in [1.165, 1.54) is 18.4 Å². The minimum Gasteiger partial charge on any atom is -0.376 e. The Bertz CT molecular complexity index is 517. The predicted octanol–water partition coefficient (Wildman–Crippen LogP) is 2.46. The van der Waals surface area contributed by atoms with Crippen LogP contribution in [0.5, 0.6) is 0 Å². The number of ether oxygens (including phenoxy) is 1. The van der Waals surface area contributed by atoms with Crippen molar-refractivity contribution in [3.05, 3.63) is 30.1 Å². The van der Waals surface area contributed by atoms with E-state index in [0.717, 1.165) is 51.9 Å². The first kappa shape index (κ1) is 17.4. The normalized spacial score (nSPS) is 25.4. The number of likely N-dealkylation sites (N-methyl/N-ethyl adjacent to an activating group) is 1. The van der Waals surface area contributed by atoms with E-state index in [-0.39, 0.29) is 18.1 Å². The van der Waals surface area contributed by atoms with Gasteiger partial charge in [-0.3, -0.25) is 14.7 Å². The monoisotopic (exact) mass is 331 g/mol. The number of hydrogen-bond acceptors (Lipinski definition) is 4. The van der Waals surface area contributed by atoms with E-state index < -0.39 is 0 Å². The zero-order chi connectivity index (χ0) is 16.8. The molecule has 2 aliphatic rings. The van der Waals surface area contributed by atoms with Gasteiger partial charge in [-0.1, -0.05) is 12.5 Å². The van der Waals surface area contributed by atoms with Gasteiger partial charge in [0, 0.05) is 39.1 Å². The minimum atomic E-state index is -0.00690. The number of pyridine rings is 1. The zero-order valence-electron chi connectivity index (χ0n) is 14.7. The molecule has 3 rings (SSSR count). The van der Waals surface area contributed by atoms with E-state index in [1.807, 2.05) is 24.2 Å². The summed E-state index contributed by atoms with van der Waals surface area (Å²) < 4.78 is 5.79. The lowest BCUT2D eigenvalue weighted by Crippen LogP contribution is -2.51. The fourth-order valence-electron chi connectivity index (χ4n) is 3.79. The molecule has 1 aromatic heterocycles. The Morgan fingerprint density at radius 1 is 1.33 bits per heavy atom. The molecule has 0 bridgehead atoms. The van der Waals surface area contributed by atoms with Crippen molar-refractivity contribution in [3.8, 4) is 0 Å². The van der Waals surface area contributed by atoms with Crippen LogP contribution in [0.3, 0.4) is 0 Å². The SMILES string of the molecule is CN(C[C@H]1CCCCO1)C(=O)[C@H]1CCCCN1Cc1cccnc1. The van der Waals surface area contributed by atoms with Crippen molar-refractivity contribution in [3.63, 3.8) is 0 Å². The number of piperidine rings is 1. The van der Waals surface area contributed by atoms with Gasteiger partial charge in [0.25, 0.3) is 0 Å². The number of aromatic nitrogens is 1. The summed E-state index contributed by atoms with van der Waals surface area (Å²) in [5.41, 5.74) is 1.18. The molecule has 0 unspecified atom stereocenters. The summed E-state index contributed by atoms with van der Waals surface area (Å²) in [4.78, 5) is 21.4. The molecule has 5 nitrogen and oxygen atoms in total. The maximum absolute atomic E-state index is 13.0. The topological polar surface area (TPSA) is 45.7 Å². The number of rotatable bonds is 5. The molecule has 2 aliphatic heterocycles. The second kappa shape index (κ2) is 8.58. The second-order valence-electron chi connectivity index (χ2n) is 7.05. The van der Waals surface area contributed by atoms with E-state index in [0.29, 0.717) is 0 Å². The molecule has 1 aromatic rings. The van der Waals surface area contributed by atoms with Crippen LogP contribution in [0.15, 0.2) is 24.5 Å². The average molecular weight is 331 g/mol. The number of hydrogen-bond donors (Lipinski definition) is 0. The van der Waals surface area contributed by atoms with Gasteiger partial charge in [0.2, 0.25) is 5.91 Å². The Labute approximate surface area is 145 Å². The fourth-order valence-corrected chi connectivity index (χ4v) is 3.79. The average Bonchev–Trinajstić information content (AvgIpc) is 2.63. The van der Waals surface area contributed by atoms with E-state index in [1.54, 1.807) is 6.20 Å². The van der Waals surface area contributed by atoms with Crippen molar-refractivity contribution in [2.24, 2.45) is 0 Å². The molecule has 2 atom stereocenters. The highest BCUT2D eigenvalue weighted by Crippen LogP contribution is 2.22. The molecule has 1 amide bonds. The largest absolute Gasteiger partial charge is 0.376 e. The van der Waals surface area contributed by atoms with Gasteiger partial charge >= 0.3 is 0 Å². The highest BCUT2D eigenvalue weighted by molar-refractivity contribution is 5.81. The van der Waals surface area contributed by atoms with Gasteiger partial charge in [-0.2, -0.15) is 0 Å². The van der Waals surface area contributed by atoms with Crippen molar-refractivity contribution in [1.29, 1.82) is 0 Å². The lowest BCUT2D eigenvalue weighted by atomic mass is 9.99. The minimum absolute atomic E-state index is 0.00690. The zero-order valence-corrected chi connectivity index (χ0v) is 14.7. The molecule has 5 heteroatoms. The van der Waals surface area contributed by atoms with Crippen LogP contribution in [0, 0.1) is 0 Å². The third-order valence-corrected chi connectivity index (χ3v) is 5.13. The molecule has 0 spiro atoms. The molecular weight excluding hydrogens is 302 g/mol. The Morgan fingerprint density at radius 2 is 2.21 bits per heavy atom. The summed E-state index contributed by atoms with van der Waals surface area (Å²) in [6.07, 6.45) is 10.6. The molecule has 0 aliphatic carbocycles. The fraction of sp³-hybridized carbons (Fsp3) is 0.684. The van der Waals surface area contributed by atoms with Crippen molar-refractivity contribution in [2.75, 3.05) is 26.7 Å². The van der Waals surface area contributed by atoms with Gasteiger partial charge in [0.1, 0.15) is 0 Å². The smallest absolute Gasteiger partial charge is 0.239 e. The summed E-state index contributed by atoms with van der Waals surface area (Å²) in [7, 11) is 1.93. The van der Waals surface area contributed by atoms with Gasteiger partial charge in [0.15, 0.2) is 0 Å². The molecule has 3 heterocycles. The van der Waals surface area contributed by atoms with Crippen LogP contribution < -0.4 is 0 Å². The lowest BCUT2D eigenvalue weighted by Gasteiger charge is -2.37. The molecule has 24 heavy (non-hydrogen) atoms. The van der Waals surface area contributed by atoms with Crippen LogP contribution in [-0.2, 0) is 16.1 Å². The van der Waals surface area contributed by atoms with Gasteiger partial charge in [0.05, 0.1) is 12.1 Å². The quantitative estimate of drug-likeness (QED) is 0.831. The molecule has 132 valence electrons. The molecule has 0 radical (unpaired) electrons. The number of nitrogens with zero attached hydrogens (tertiary/aromatic N) is 3. The third-order valence-electron chi connectivity index (χ3n) is 5.13. The van der Waals surface area contributed by atoms with Crippen LogP contribution in [0.4, 0.5) is 0 Å². The highest BCUT2D eigenvalue weighted by Gasteiger charge is 2.31. The van der Waals surface area contributed by atoms with Crippen molar-refractivity contribution in [1.82, 2.24) is 14.8 Å². The van der Waals surface area contributed by atoms with E-state index in [4.69, 9.17) is 4.74 Å². The summed E-state index contributed by atoms with van der Waals surface area (Å²) >= 11 is 0. The van der Waals surface area contributed by atoms with Crippen LogP contribution in [0.1, 0.15) is 44.1 Å². The summed E-state index contributed by atoms with van der Waals surface area (Å²) in [5.74, 6) is 0.243. The summed E-state index contributed by atoms with van der Waals surface area (Å²) in [6.45, 7) is 3.34. The number of carbonyl (C=O) groups excluding carboxylic acids is 1. The van der Waals surface area contributed by atoms with Crippen LogP contribution in [-0.4, -0.2) is 59.6 Å². The van der Waals surface area contributed by atoms with E-state index >= 15 is 0 Å². The van der Waals surface area contributed by atoms with E-state index in [9.17, 15) is 4.79 Å². The molecule has 0 saturated carbocycles. The number of amides is 1. The molecule has 0 N–H and O–H groups in total. The Kier molecular flexibility index (Phi) is 6.21. The first-order valence-electron chi connectivity index (χ1n) is 9.23. The van der Waals surface area contributed by atoms with Gasteiger partial charge < -0.3 is 9.64 Å². The van der Waals surface area contributed by atoms with Crippen LogP contribution >= 0.6 is 0 Å². The maximum atomic E-state index is 13.0. The second-order valence-corrected chi connectivity index (χ2v) is 7.05. The molecule has 0 aromatic carbocycles. The van der Waals surface area contributed by atoms with Crippen LogP contribution in [0.2, 0.25) is 0 Å². The predicted molar refractivity (Wildman–Crippen MR) is 93.5 cm³/mol. The molecular formula is C19H29N3O2. The maximum Gasteiger partial charge on any atom is 0.239 e. The number of carbonyl (C=O) groups is 1. The number of likely N-dealkylation sites (tertiary alicyclic amines) is 1. The van der Waals surface area contributed by atoms with Gasteiger partial charge in [-0.05, 0) is 50.3 Å². The van der Waals surface area contributed by atoms with E-state index in [2.05, 4.69) is 16.0 Å².